The SMILES string of the molecule is CC(C)(C)OC(=O)[C@H](C[Se]c1ccccc1)[C@@H](O)c1ccccc1. The maximum atomic E-state index is 12.6. The molecule has 0 saturated carbocycles. The van der Waals surface area contributed by atoms with Gasteiger partial charge < -0.3 is 0 Å². The predicted octanol–water partition coefficient (Wildman–Crippen LogP) is 3.13. The fraction of sp³-hybridized carbons (Fsp3) is 0.350. The molecular weight excluding hydrogens is 367 g/mol. The van der Waals surface area contributed by atoms with Gasteiger partial charge in [-0.3, -0.25) is 0 Å². The number of carbonyl (C=O) groups excluding carboxylic acids is 1. The molecule has 0 bridgehead atoms. The minimum atomic E-state index is -0.855. The van der Waals surface area contributed by atoms with E-state index in [1.807, 2.05) is 69.3 Å². The number of aliphatic hydroxyl groups is 1. The predicted molar refractivity (Wildman–Crippen MR) is 97.4 cm³/mol. The summed E-state index contributed by atoms with van der Waals surface area (Å²) in [6.45, 7) is 5.54. The molecule has 0 aromatic heterocycles. The monoisotopic (exact) mass is 392 g/mol. The Labute approximate surface area is 150 Å². The number of carbonyl (C=O) groups is 1. The normalized spacial score (nSPS) is 14.0. The van der Waals surface area contributed by atoms with Crippen LogP contribution in [0.1, 0.15) is 32.4 Å². The van der Waals surface area contributed by atoms with Gasteiger partial charge in [0.25, 0.3) is 0 Å². The molecule has 0 saturated heterocycles. The summed E-state index contributed by atoms with van der Waals surface area (Å²) in [5, 5.41) is 11.3. The third kappa shape index (κ3) is 5.79. The summed E-state index contributed by atoms with van der Waals surface area (Å²) in [5.74, 6) is -0.900. The zero-order chi connectivity index (χ0) is 17.6. The Morgan fingerprint density at radius 1 is 1.04 bits per heavy atom. The fourth-order valence-corrected chi connectivity index (χ4v) is 4.43. The van der Waals surface area contributed by atoms with Gasteiger partial charge in [0.15, 0.2) is 0 Å². The standard InChI is InChI=1S/C20H24O3Se/c1-20(2,3)23-19(22)17(14-24-16-12-8-5-9-13-16)18(21)15-10-6-4-7-11-15/h4-13,17-18,21H,14H2,1-3H3/t17-,18+/m1/s1. The van der Waals surface area contributed by atoms with Crippen LogP contribution in [-0.2, 0) is 9.53 Å². The summed E-state index contributed by atoms with van der Waals surface area (Å²) in [6, 6.07) is 19.4. The van der Waals surface area contributed by atoms with Crippen LogP contribution in [0, 0.1) is 5.92 Å². The first-order valence-corrected chi connectivity index (χ1v) is 10.1. The van der Waals surface area contributed by atoms with Gasteiger partial charge >= 0.3 is 150 Å². The third-order valence-electron chi connectivity index (χ3n) is 3.40. The Morgan fingerprint density at radius 3 is 2.12 bits per heavy atom. The van der Waals surface area contributed by atoms with Gasteiger partial charge in [0.2, 0.25) is 0 Å². The molecule has 2 rings (SSSR count). The van der Waals surface area contributed by atoms with E-state index in [1.54, 1.807) is 0 Å². The summed E-state index contributed by atoms with van der Waals surface area (Å²) in [4.78, 5) is 12.6. The molecule has 0 spiro atoms. The van der Waals surface area contributed by atoms with Crippen molar-refractivity contribution in [2.24, 2.45) is 5.92 Å². The Balaban J connectivity index is 2.15. The second-order valence-corrected chi connectivity index (χ2v) is 8.91. The van der Waals surface area contributed by atoms with Gasteiger partial charge in [-0.2, -0.15) is 0 Å². The second-order valence-electron chi connectivity index (χ2n) is 6.62. The molecule has 0 unspecified atom stereocenters. The molecule has 0 fully saturated rings. The van der Waals surface area contributed by atoms with Gasteiger partial charge in [0.1, 0.15) is 0 Å². The van der Waals surface area contributed by atoms with Crippen LogP contribution in [-0.4, -0.2) is 31.6 Å². The third-order valence-corrected chi connectivity index (χ3v) is 5.78. The molecule has 0 radical (unpaired) electrons. The number of hydrogen-bond acceptors (Lipinski definition) is 3. The number of rotatable bonds is 6. The van der Waals surface area contributed by atoms with E-state index in [0.717, 1.165) is 5.56 Å². The first kappa shape index (κ1) is 18.7. The van der Waals surface area contributed by atoms with E-state index in [4.69, 9.17) is 4.74 Å². The van der Waals surface area contributed by atoms with Crippen LogP contribution in [0.4, 0.5) is 0 Å². The average Bonchev–Trinajstić information content (AvgIpc) is 2.55. The van der Waals surface area contributed by atoms with Crippen molar-refractivity contribution in [3.8, 4) is 0 Å². The molecule has 0 aliphatic carbocycles. The molecule has 0 heterocycles. The van der Waals surface area contributed by atoms with Crippen LogP contribution < -0.4 is 4.46 Å². The summed E-state index contributed by atoms with van der Waals surface area (Å²) in [5.41, 5.74) is 0.183. The number of ether oxygens (including phenoxy) is 1. The van der Waals surface area contributed by atoms with Crippen LogP contribution in [0.25, 0.3) is 0 Å². The fourth-order valence-electron chi connectivity index (χ4n) is 2.25. The Hall–Kier alpha value is -1.61. The number of aliphatic hydroxyl groups excluding tert-OH is 1. The Morgan fingerprint density at radius 2 is 1.58 bits per heavy atom. The van der Waals surface area contributed by atoms with Gasteiger partial charge in [0, 0.05) is 0 Å². The van der Waals surface area contributed by atoms with Crippen molar-refractivity contribution in [1.82, 2.24) is 0 Å². The van der Waals surface area contributed by atoms with E-state index < -0.39 is 17.6 Å². The maximum absolute atomic E-state index is 12.6. The zero-order valence-electron chi connectivity index (χ0n) is 14.3. The van der Waals surface area contributed by atoms with Gasteiger partial charge in [-0.15, -0.1) is 0 Å². The van der Waals surface area contributed by atoms with Crippen molar-refractivity contribution < 1.29 is 14.6 Å². The Kier molecular flexibility index (Phi) is 6.61. The van der Waals surface area contributed by atoms with Crippen LogP contribution in [0.3, 0.4) is 0 Å². The molecule has 24 heavy (non-hydrogen) atoms. The average molecular weight is 391 g/mol. The van der Waals surface area contributed by atoms with Crippen molar-refractivity contribution in [3.05, 3.63) is 66.2 Å². The topological polar surface area (TPSA) is 46.5 Å². The molecule has 2 atom stereocenters. The molecule has 0 aliphatic rings. The second kappa shape index (κ2) is 8.48. The summed E-state index contributed by atoms with van der Waals surface area (Å²) < 4.78 is 6.75. The van der Waals surface area contributed by atoms with Crippen molar-refractivity contribution in [2.45, 2.75) is 37.8 Å². The number of hydrogen-bond donors (Lipinski definition) is 1. The van der Waals surface area contributed by atoms with Crippen LogP contribution >= 0.6 is 0 Å². The van der Waals surface area contributed by atoms with Crippen LogP contribution in [0.15, 0.2) is 60.7 Å². The van der Waals surface area contributed by atoms with Crippen LogP contribution in [0.5, 0.6) is 0 Å². The molecule has 0 aliphatic heterocycles. The van der Waals surface area contributed by atoms with E-state index in [2.05, 4.69) is 12.1 Å². The molecule has 1 N–H and O–H groups in total. The van der Waals surface area contributed by atoms with E-state index in [-0.39, 0.29) is 20.9 Å². The van der Waals surface area contributed by atoms with Crippen molar-refractivity contribution in [2.75, 3.05) is 0 Å². The zero-order valence-corrected chi connectivity index (χ0v) is 16.0. The molecule has 128 valence electrons. The molecule has 2 aromatic carbocycles. The van der Waals surface area contributed by atoms with E-state index in [0.29, 0.717) is 5.32 Å². The van der Waals surface area contributed by atoms with Crippen LogP contribution in [0.2, 0.25) is 5.32 Å². The van der Waals surface area contributed by atoms with E-state index in [1.165, 1.54) is 4.46 Å². The van der Waals surface area contributed by atoms with E-state index in [9.17, 15) is 9.90 Å². The minimum absolute atomic E-state index is 0.0958. The number of esters is 1. The van der Waals surface area contributed by atoms with Gasteiger partial charge in [-0.1, -0.05) is 0 Å². The Bertz CT molecular complexity index is 635. The van der Waals surface area contributed by atoms with Crippen molar-refractivity contribution in [3.63, 3.8) is 0 Å². The first-order valence-electron chi connectivity index (χ1n) is 8.00. The van der Waals surface area contributed by atoms with Gasteiger partial charge in [-0.05, 0) is 0 Å². The van der Waals surface area contributed by atoms with Gasteiger partial charge in [-0.25, -0.2) is 0 Å². The summed E-state index contributed by atoms with van der Waals surface area (Å²) >= 11 is 0.0958. The first-order chi connectivity index (χ1) is 11.4. The molecular formula is C20H24O3Se. The molecule has 3 nitrogen and oxygen atoms in total. The van der Waals surface area contributed by atoms with Crippen molar-refractivity contribution in [1.29, 1.82) is 0 Å². The molecule has 4 heteroatoms. The van der Waals surface area contributed by atoms with Crippen molar-refractivity contribution >= 4 is 25.4 Å². The van der Waals surface area contributed by atoms with E-state index >= 15 is 0 Å². The van der Waals surface area contributed by atoms with Gasteiger partial charge in [0.05, 0.1) is 0 Å². The quantitative estimate of drug-likeness (QED) is 0.608. The molecule has 0 amide bonds. The number of benzene rings is 2. The molecule has 2 aromatic rings. The summed E-state index contributed by atoms with van der Waals surface area (Å²) in [6.07, 6.45) is -0.855. The summed E-state index contributed by atoms with van der Waals surface area (Å²) in [7, 11) is 0.